The molecule has 0 aromatic rings. The summed E-state index contributed by atoms with van der Waals surface area (Å²) >= 11 is 0. The quantitative estimate of drug-likeness (QED) is 0.754. The lowest BCUT2D eigenvalue weighted by Gasteiger charge is -2.44. The summed E-state index contributed by atoms with van der Waals surface area (Å²) in [5.74, 6) is 2.46. The Balaban J connectivity index is 1.60. The van der Waals surface area contributed by atoms with Gasteiger partial charge in [-0.05, 0) is 75.0 Å². The molecule has 0 saturated heterocycles. The predicted octanol–water partition coefficient (Wildman–Crippen LogP) is 4.62. The van der Waals surface area contributed by atoms with Crippen molar-refractivity contribution in [3.05, 3.63) is 23.8 Å². The molecular weight excluding hydrogens is 270 g/mol. The van der Waals surface area contributed by atoms with Crippen LogP contribution < -0.4 is 5.32 Å². The molecule has 2 heteroatoms. The second kappa shape index (κ2) is 5.86. The largest absolute Gasteiger partial charge is 0.346 e. The summed E-state index contributed by atoms with van der Waals surface area (Å²) < 4.78 is 0. The van der Waals surface area contributed by atoms with Crippen LogP contribution in [-0.2, 0) is 4.79 Å². The van der Waals surface area contributed by atoms with Crippen molar-refractivity contribution >= 4 is 5.91 Å². The van der Waals surface area contributed by atoms with Gasteiger partial charge in [-0.3, -0.25) is 4.79 Å². The Labute approximate surface area is 135 Å². The molecule has 0 aromatic heterocycles. The predicted molar refractivity (Wildman–Crippen MR) is 91.4 cm³/mol. The van der Waals surface area contributed by atoms with Crippen LogP contribution in [0.25, 0.3) is 0 Å². The standard InChI is InChI=1S/C20H31NO/c1-13-6-5-11-20(4)17(13)9-10-18(20)14(2)7-8-16-12-15(3)19(22)21-16/h12,14,16-18H,1,5-11H2,2-4H3,(H,21,22)/t14?,16?,17?,18-,20+/m1/s1. The Hall–Kier alpha value is -1.05. The van der Waals surface area contributed by atoms with Crippen LogP contribution in [0.3, 0.4) is 0 Å². The fourth-order valence-electron chi connectivity index (χ4n) is 5.60. The smallest absolute Gasteiger partial charge is 0.247 e. The summed E-state index contributed by atoms with van der Waals surface area (Å²) in [5.41, 5.74) is 2.89. The van der Waals surface area contributed by atoms with E-state index in [0.29, 0.717) is 5.41 Å². The van der Waals surface area contributed by atoms with Gasteiger partial charge in [0.1, 0.15) is 0 Å². The monoisotopic (exact) mass is 301 g/mol. The molecule has 1 heterocycles. The minimum Gasteiger partial charge on any atom is -0.346 e. The van der Waals surface area contributed by atoms with Gasteiger partial charge in [-0.2, -0.15) is 0 Å². The molecule has 2 fully saturated rings. The van der Waals surface area contributed by atoms with Gasteiger partial charge in [0, 0.05) is 11.6 Å². The van der Waals surface area contributed by atoms with E-state index >= 15 is 0 Å². The number of fused-ring (bicyclic) bond motifs is 1. The third-order valence-corrected chi connectivity index (χ3v) is 6.86. The van der Waals surface area contributed by atoms with Gasteiger partial charge < -0.3 is 5.32 Å². The molecule has 3 aliphatic rings. The van der Waals surface area contributed by atoms with E-state index in [9.17, 15) is 4.79 Å². The Morgan fingerprint density at radius 2 is 2.23 bits per heavy atom. The fraction of sp³-hybridized carbons (Fsp3) is 0.750. The van der Waals surface area contributed by atoms with Gasteiger partial charge in [-0.1, -0.05) is 32.1 Å². The number of nitrogens with one attached hydrogen (secondary N) is 1. The maximum absolute atomic E-state index is 11.6. The first-order valence-corrected chi connectivity index (χ1v) is 9.09. The number of hydrogen-bond acceptors (Lipinski definition) is 1. The third-order valence-electron chi connectivity index (χ3n) is 6.86. The molecule has 2 nitrogen and oxygen atoms in total. The van der Waals surface area contributed by atoms with Crippen LogP contribution in [0.2, 0.25) is 0 Å². The fourth-order valence-corrected chi connectivity index (χ4v) is 5.60. The van der Waals surface area contributed by atoms with Gasteiger partial charge in [-0.25, -0.2) is 0 Å². The van der Waals surface area contributed by atoms with Gasteiger partial charge in [0.15, 0.2) is 0 Å². The maximum atomic E-state index is 11.6. The minimum absolute atomic E-state index is 0.120. The molecular formula is C20H31NO. The molecule has 0 aromatic carbocycles. The second-order valence-corrected chi connectivity index (χ2v) is 8.24. The molecule has 2 saturated carbocycles. The van der Waals surface area contributed by atoms with Crippen molar-refractivity contribution in [3.63, 3.8) is 0 Å². The van der Waals surface area contributed by atoms with E-state index in [-0.39, 0.29) is 11.9 Å². The lowest BCUT2D eigenvalue weighted by Crippen LogP contribution is -2.36. The Morgan fingerprint density at radius 3 is 2.91 bits per heavy atom. The highest BCUT2D eigenvalue weighted by molar-refractivity contribution is 5.95. The molecule has 0 spiro atoms. The van der Waals surface area contributed by atoms with Gasteiger partial charge in [0.05, 0.1) is 0 Å². The normalized spacial score (nSPS) is 39.4. The van der Waals surface area contributed by atoms with E-state index in [0.717, 1.165) is 29.7 Å². The summed E-state index contributed by atoms with van der Waals surface area (Å²) in [6.07, 6.45) is 11.1. The molecule has 122 valence electrons. The highest BCUT2D eigenvalue weighted by Gasteiger charge is 2.50. The van der Waals surface area contributed by atoms with Crippen molar-refractivity contribution < 1.29 is 4.79 Å². The van der Waals surface area contributed by atoms with Crippen LogP contribution in [0.4, 0.5) is 0 Å². The van der Waals surface area contributed by atoms with Crippen LogP contribution in [0, 0.1) is 23.2 Å². The lowest BCUT2D eigenvalue weighted by atomic mass is 9.61. The zero-order valence-electron chi connectivity index (χ0n) is 14.5. The Kier molecular flexibility index (Phi) is 4.22. The minimum atomic E-state index is 0.120. The first-order valence-electron chi connectivity index (χ1n) is 9.09. The third kappa shape index (κ3) is 2.66. The van der Waals surface area contributed by atoms with E-state index < -0.39 is 0 Å². The van der Waals surface area contributed by atoms with Gasteiger partial charge >= 0.3 is 0 Å². The lowest BCUT2D eigenvalue weighted by molar-refractivity contribution is -0.117. The summed E-state index contributed by atoms with van der Waals surface area (Å²) in [6.45, 7) is 11.2. The van der Waals surface area contributed by atoms with E-state index in [1.54, 1.807) is 0 Å². The summed E-state index contributed by atoms with van der Waals surface area (Å²) in [6, 6.07) is 0.265. The molecule has 3 unspecified atom stereocenters. The summed E-state index contributed by atoms with van der Waals surface area (Å²) in [7, 11) is 0. The van der Waals surface area contributed by atoms with Crippen LogP contribution in [0.1, 0.15) is 65.7 Å². The number of hydrogen-bond donors (Lipinski definition) is 1. The number of amides is 1. The second-order valence-electron chi connectivity index (χ2n) is 8.24. The van der Waals surface area contributed by atoms with Crippen LogP contribution in [-0.4, -0.2) is 11.9 Å². The van der Waals surface area contributed by atoms with Crippen LogP contribution >= 0.6 is 0 Å². The topological polar surface area (TPSA) is 29.1 Å². The zero-order chi connectivity index (χ0) is 15.9. The Morgan fingerprint density at radius 1 is 1.45 bits per heavy atom. The zero-order valence-corrected chi connectivity index (χ0v) is 14.5. The molecule has 1 amide bonds. The van der Waals surface area contributed by atoms with E-state index in [1.807, 2.05) is 6.92 Å². The molecule has 1 aliphatic heterocycles. The number of carbonyl (C=O) groups is 1. The van der Waals surface area contributed by atoms with Crippen LogP contribution in [0.5, 0.6) is 0 Å². The molecule has 2 aliphatic carbocycles. The number of carbonyl (C=O) groups excluding carboxylic acids is 1. The van der Waals surface area contributed by atoms with Crippen molar-refractivity contribution in [1.29, 1.82) is 0 Å². The average Bonchev–Trinajstić information content (AvgIpc) is 2.97. The highest BCUT2D eigenvalue weighted by Crippen LogP contribution is 2.59. The molecule has 1 N–H and O–H groups in total. The summed E-state index contributed by atoms with van der Waals surface area (Å²) in [5, 5.41) is 3.08. The molecule has 22 heavy (non-hydrogen) atoms. The van der Waals surface area contributed by atoms with Crippen molar-refractivity contribution in [1.82, 2.24) is 5.32 Å². The van der Waals surface area contributed by atoms with Gasteiger partial charge in [0.2, 0.25) is 5.91 Å². The van der Waals surface area contributed by atoms with Crippen molar-refractivity contribution in [2.45, 2.75) is 71.8 Å². The molecule has 0 radical (unpaired) electrons. The Bertz CT molecular complexity index is 506. The summed E-state index contributed by atoms with van der Waals surface area (Å²) in [4.78, 5) is 11.6. The maximum Gasteiger partial charge on any atom is 0.247 e. The van der Waals surface area contributed by atoms with Crippen molar-refractivity contribution in [2.24, 2.45) is 23.2 Å². The van der Waals surface area contributed by atoms with Gasteiger partial charge in [0.25, 0.3) is 0 Å². The SMILES string of the molecule is C=C1CCC[C@@]2(C)C1CC[C@@H]2C(C)CCC1C=C(C)C(=O)N1. The highest BCUT2D eigenvalue weighted by atomic mass is 16.1. The van der Waals surface area contributed by atoms with E-state index in [1.165, 1.54) is 44.1 Å². The molecule has 3 rings (SSSR count). The first kappa shape index (κ1) is 15.8. The molecule has 5 atom stereocenters. The van der Waals surface area contributed by atoms with Crippen LogP contribution in [0.15, 0.2) is 23.8 Å². The van der Waals surface area contributed by atoms with Crippen molar-refractivity contribution in [2.75, 3.05) is 0 Å². The van der Waals surface area contributed by atoms with E-state index in [2.05, 4.69) is 31.8 Å². The average molecular weight is 301 g/mol. The number of allylic oxidation sites excluding steroid dienone is 1. The molecule has 0 bridgehead atoms. The van der Waals surface area contributed by atoms with E-state index in [4.69, 9.17) is 0 Å². The first-order chi connectivity index (χ1) is 10.4. The van der Waals surface area contributed by atoms with Gasteiger partial charge in [-0.15, -0.1) is 0 Å². The van der Waals surface area contributed by atoms with Crippen molar-refractivity contribution in [3.8, 4) is 0 Å². The number of rotatable bonds is 4.